The lowest BCUT2D eigenvalue weighted by atomic mass is 10.0. The molecule has 0 unspecified atom stereocenters. The Labute approximate surface area is 219 Å². The quantitative estimate of drug-likeness (QED) is 0.355. The monoisotopic (exact) mass is 541 g/mol. The first-order valence-corrected chi connectivity index (χ1v) is 14.4. The van der Waals surface area contributed by atoms with Crippen molar-refractivity contribution in [2.75, 3.05) is 26.2 Å². The fraction of sp³-hybridized carbons (Fsp3) is 0.346. The standard InChI is InChI=1S/C26H28FN5O3S2/c1-18(2)15-19-7-9-21(10-8-19)37(34,35)31-13-11-30(12-14-31)17-20-16-24(33)32-26(28-20)36-25(29-32)22-5-3-4-6-23(22)27/h3-10,16,18H,11-15,17H2,1-2H3. The van der Waals surface area contributed by atoms with E-state index in [1.807, 2.05) is 12.1 Å². The van der Waals surface area contributed by atoms with Gasteiger partial charge in [0.2, 0.25) is 15.0 Å². The van der Waals surface area contributed by atoms with Crippen molar-refractivity contribution >= 4 is 26.3 Å². The molecular weight excluding hydrogens is 513 g/mol. The molecule has 1 aliphatic heterocycles. The molecule has 5 rings (SSSR count). The Balaban J connectivity index is 1.26. The lowest BCUT2D eigenvalue weighted by Gasteiger charge is -2.33. The van der Waals surface area contributed by atoms with Crippen LogP contribution in [0.25, 0.3) is 15.5 Å². The van der Waals surface area contributed by atoms with Crippen LogP contribution in [0.3, 0.4) is 0 Å². The third-order valence-electron chi connectivity index (χ3n) is 6.32. The average Bonchev–Trinajstić information content (AvgIpc) is 3.29. The molecule has 0 aliphatic carbocycles. The number of fused-ring (bicyclic) bond motifs is 1. The smallest absolute Gasteiger partial charge is 0.275 e. The van der Waals surface area contributed by atoms with Crippen LogP contribution in [0.4, 0.5) is 4.39 Å². The molecule has 0 amide bonds. The van der Waals surface area contributed by atoms with Gasteiger partial charge in [-0.3, -0.25) is 9.69 Å². The molecule has 8 nitrogen and oxygen atoms in total. The lowest BCUT2D eigenvalue weighted by molar-refractivity contribution is 0.180. The van der Waals surface area contributed by atoms with Gasteiger partial charge in [0, 0.05) is 44.4 Å². The van der Waals surface area contributed by atoms with Gasteiger partial charge in [0.25, 0.3) is 5.56 Å². The van der Waals surface area contributed by atoms with Gasteiger partial charge in [0.1, 0.15) is 5.82 Å². The molecule has 1 fully saturated rings. The second-order valence-corrected chi connectivity index (χ2v) is 12.5. The summed E-state index contributed by atoms with van der Waals surface area (Å²) in [5.74, 6) is 0.0983. The maximum atomic E-state index is 14.2. The van der Waals surface area contributed by atoms with Crippen LogP contribution in [-0.2, 0) is 23.0 Å². The van der Waals surface area contributed by atoms with Gasteiger partial charge in [-0.15, -0.1) is 0 Å². The molecule has 194 valence electrons. The minimum atomic E-state index is -3.57. The summed E-state index contributed by atoms with van der Waals surface area (Å²) in [6, 6.07) is 14.9. The van der Waals surface area contributed by atoms with E-state index in [9.17, 15) is 17.6 Å². The number of piperazine rings is 1. The fourth-order valence-corrected chi connectivity index (χ4v) is 6.83. The Hall–Kier alpha value is -2.99. The molecule has 2 aromatic heterocycles. The SMILES string of the molecule is CC(C)Cc1ccc(S(=O)(=O)N2CCN(Cc3cc(=O)n4nc(-c5ccccc5F)sc4n3)CC2)cc1. The summed E-state index contributed by atoms with van der Waals surface area (Å²) in [4.78, 5) is 20.0. The second-order valence-electron chi connectivity index (χ2n) is 9.59. The molecule has 37 heavy (non-hydrogen) atoms. The van der Waals surface area contributed by atoms with Crippen molar-refractivity contribution in [3.8, 4) is 10.6 Å². The van der Waals surface area contributed by atoms with Crippen molar-refractivity contribution in [2.24, 2.45) is 5.92 Å². The van der Waals surface area contributed by atoms with Gasteiger partial charge >= 0.3 is 0 Å². The molecule has 4 aromatic rings. The number of benzene rings is 2. The highest BCUT2D eigenvalue weighted by Crippen LogP contribution is 2.27. The summed E-state index contributed by atoms with van der Waals surface area (Å²) >= 11 is 1.15. The van der Waals surface area contributed by atoms with E-state index >= 15 is 0 Å². The van der Waals surface area contributed by atoms with E-state index in [0.717, 1.165) is 23.3 Å². The van der Waals surface area contributed by atoms with Gasteiger partial charge < -0.3 is 0 Å². The minimum absolute atomic E-state index is 0.310. The summed E-state index contributed by atoms with van der Waals surface area (Å²) in [5, 5.41) is 4.63. The zero-order chi connectivity index (χ0) is 26.2. The highest BCUT2D eigenvalue weighted by molar-refractivity contribution is 7.89. The van der Waals surface area contributed by atoms with E-state index in [0.29, 0.717) is 64.8 Å². The third kappa shape index (κ3) is 5.49. The molecular formula is C26H28FN5O3S2. The molecule has 0 radical (unpaired) electrons. The van der Waals surface area contributed by atoms with Crippen molar-refractivity contribution in [3.05, 3.63) is 82.0 Å². The number of sulfonamides is 1. The number of hydrogen-bond acceptors (Lipinski definition) is 7. The van der Waals surface area contributed by atoms with Crippen LogP contribution in [-0.4, -0.2) is 58.4 Å². The minimum Gasteiger partial charge on any atom is -0.295 e. The molecule has 0 saturated carbocycles. The maximum absolute atomic E-state index is 14.2. The van der Waals surface area contributed by atoms with Crippen LogP contribution in [0, 0.1) is 11.7 Å². The number of aromatic nitrogens is 3. The van der Waals surface area contributed by atoms with Gasteiger partial charge in [-0.25, -0.2) is 17.8 Å². The Morgan fingerprint density at radius 1 is 1.03 bits per heavy atom. The zero-order valence-corrected chi connectivity index (χ0v) is 22.3. The summed E-state index contributed by atoms with van der Waals surface area (Å²) in [7, 11) is -3.57. The van der Waals surface area contributed by atoms with Crippen LogP contribution in [0.15, 0.2) is 64.3 Å². The Morgan fingerprint density at radius 2 is 1.73 bits per heavy atom. The van der Waals surface area contributed by atoms with E-state index in [1.54, 1.807) is 30.3 Å². The van der Waals surface area contributed by atoms with E-state index in [2.05, 4.69) is 28.8 Å². The molecule has 1 aliphatic rings. The number of rotatable bonds is 7. The third-order valence-corrected chi connectivity index (χ3v) is 9.18. The normalized spacial score (nSPS) is 15.6. The largest absolute Gasteiger partial charge is 0.295 e. The zero-order valence-electron chi connectivity index (χ0n) is 20.7. The van der Waals surface area contributed by atoms with E-state index in [4.69, 9.17) is 0 Å². The molecule has 11 heteroatoms. The van der Waals surface area contributed by atoms with Crippen molar-refractivity contribution in [2.45, 2.75) is 31.7 Å². The second kappa shape index (κ2) is 10.4. The predicted octanol–water partition coefficient (Wildman–Crippen LogP) is 3.66. The van der Waals surface area contributed by atoms with Crippen molar-refractivity contribution in [3.63, 3.8) is 0 Å². The van der Waals surface area contributed by atoms with E-state index < -0.39 is 15.8 Å². The Morgan fingerprint density at radius 3 is 2.41 bits per heavy atom. The molecule has 0 bridgehead atoms. The van der Waals surface area contributed by atoms with Gasteiger partial charge in [0.05, 0.1) is 10.6 Å². The van der Waals surface area contributed by atoms with Crippen LogP contribution in [0.1, 0.15) is 25.1 Å². The maximum Gasteiger partial charge on any atom is 0.275 e. The first-order valence-electron chi connectivity index (χ1n) is 12.2. The van der Waals surface area contributed by atoms with Crippen molar-refractivity contribution < 1.29 is 12.8 Å². The summed E-state index contributed by atoms with van der Waals surface area (Å²) in [5.41, 5.74) is 1.69. The van der Waals surface area contributed by atoms with E-state index in [1.165, 1.54) is 21.0 Å². The Bertz CT molecular complexity index is 1570. The molecule has 0 N–H and O–H groups in total. The van der Waals surface area contributed by atoms with Gasteiger partial charge in [0.15, 0.2) is 5.01 Å². The molecule has 0 atom stereocenters. The van der Waals surface area contributed by atoms with Gasteiger partial charge in [-0.1, -0.05) is 49.4 Å². The molecule has 3 heterocycles. The van der Waals surface area contributed by atoms with Crippen LogP contribution >= 0.6 is 11.3 Å². The highest BCUT2D eigenvalue weighted by atomic mass is 32.2. The van der Waals surface area contributed by atoms with E-state index in [-0.39, 0.29) is 5.56 Å². The first-order chi connectivity index (χ1) is 17.7. The molecule has 2 aromatic carbocycles. The number of hydrogen-bond donors (Lipinski definition) is 0. The Kier molecular flexibility index (Phi) is 7.21. The van der Waals surface area contributed by atoms with Crippen molar-refractivity contribution in [1.29, 1.82) is 0 Å². The van der Waals surface area contributed by atoms with Crippen LogP contribution < -0.4 is 5.56 Å². The van der Waals surface area contributed by atoms with Crippen LogP contribution in [0.2, 0.25) is 0 Å². The number of nitrogens with zero attached hydrogens (tertiary/aromatic N) is 5. The first kappa shape index (κ1) is 25.7. The lowest BCUT2D eigenvalue weighted by Crippen LogP contribution is -2.48. The van der Waals surface area contributed by atoms with Gasteiger partial charge in [-0.2, -0.15) is 13.9 Å². The summed E-state index contributed by atoms with van der Waals surface area (Å²) in [6.45, 7) is 6.44. The summed E-state index contributed by atoms with van der Waals surface area (Å²) < 4.78 is 43.2. The topological polar surface area (TPSA) is 87.9 Å². The van der Waals surface area contributed by atoms with Crippen LogP contribution in [0.5, 0.6) is 0 Å². The molecule has 1 saturated heterocycles. The number of halogens is 1. The average molecular weight is 542 g/mol. The predicted molar refractivity (Wildman–Crippen MR) is 142 cm³/mol. The molecule has 0 spiro atoms. The van der Waals surface area contributed by atoms with Gasteiger partial charge in [-0.05, 0) is 42.2 Å². The highest BCUT2D eigenvalue weighted by Gasteiger charge is 2.28. The van der Waals surface area contributed by atoms with Crippen molar-refractivity contribution in [1.82, 2.24) is 23.8 Å². The fourth-order valence-electron chi connectivity index (χ4n) is 4.46. The summed E-state index contributed by atoms with van der Waals surface area (Å²) in [6.07, 6.45) is 0.911.